The number of hydrogen-bond acceptors (Lipinski definition) is 7. The average Bonchev–Trinajstić information content (AvgIpc) is 2.91. The number of rotatable bonds is 8. The van der Waals surface area contributed by atoms with Crippen LogP contribution in [0.15, 0.2) is 60.7 Å². The maximum absolute atomic E-state index is 12.9. The van der Waals surface area contributed by atoms with Crippen molar-refractivity contribution in [1.82, 2.24) is 15.3 Å². The molecule has 0 aliphatic carbocycles. The summed E-state index contributed by atoms with van der Waals surface area (Å²) < 4.78 is 10.9. The molecular weight excluding hydrogens is 470 g/mol. The lowest BCUT2D eigenvalue weighted by molar-refractivity contribution is 0.0941. The van der Waals surface area contributed by atoms with Gasteiger partial charge in [0.2, 0.25) is 5.95 Å². The third-order valence-electron chi connectivity index (χ3n) is 5.65. The molecular formula is C28H29N5O4. The van der Waals surface area contributed by atoms with Crippen LogP contribution >= 0.6 is 0 Å². The second-order valence-electron chi connectivity index (χ2n) is 8.61. The van der Waals surface area contributed by atoms with E-state index in [1.807, 2.05) is 38.1 Å². The normalized spacial score (nSPS) is 10.8. The summed E-state index contributed by atoms with van der Waals surface area (Å²) in [7, 11) is 4.90. The Kier molecular flexibility index (Phi) is 7.52. The number of nitrogens with one attached hydrogen (secondary N) is 3. The SMILES string of the molecule is CNc1nc(-c2cccc(NC(=O)c3ccc(C(=O)NC(C)C)cc3)c2)c2cc(OC)c(OC)cc2n1. The smallest absolute Gasteiger partial charge is 0.255 e. The lowest BCUT2D eigenvalue weighted by Gasteiger charge is -2.13. The molecule has 9 nitrogen and oxygen atoms in total. The summed E-state index contributed by atoms with van der Waals surface area (Å²) in [6, 6.07) is 17.6. The van der Waals surface area contributed by atoms with E-state index in [1.54, 1.807) is 57.7 Å². The van der Waals surface area contributed by atoms with Crippen molar-refractivity contribution in [2.75, 3.05) is 31.9 Å². The Hall–Kier alpha value is -4.66. The molecule has 0 spiro atoms. The van der Waals surface area contributed by atoms with Gasteiger partial charge in [0.1, 0.15) is 0 Å². The fraction of sp³-hybridized carbons (Fsp3) is 0.214. The van der Waals surface area contributed by atoms with E-state index in [9.17, 15) is 9.59 Å². The quantitative estimate of drug-likeness (QED) is 0.321. The number of ether oxygens (including phenoxy) is 2. The topological polar surface area (TPSA) is 114 Å². The Morgan fingerprint density at radius 3 is 2.11 bits per heavy atom. The number of fused-ring (bicyclic) bond motifs is 1. The zero-order valence-electron chi connectivity index (χ0n) is 21.4. The largest absolute Gasteiger partial charge is 0.493 e. The van der Waals surface area contributed by atoms with Gasteiger partial charge in [-0.3, -0.25) is 9.59 Å². The minimum Gasteiger partial charge on any atom is -0.493 e. The molecule has 0 radical (unpaired) electrons. The highest BCUT2D eigenvalue weighted by Gasteiger charge is 2.16. The van der Waals surface area contributed by atoms with Gasteiger partial charge >= 0.3 is 0 Å². The number of hydrogen-bond donors (Lipinski definition) is 3. The number of benzene rings is 3. The van der Waals surface area contributed by atoms with Crippen LogP contribution in [0.5, 0.6) is 11.5 Å². The van der Waals surface area contributed by atoms with E-state index in [0.29, 0.717) is 45.5 Å². The molecule has 0 fully saturated rings. The van der Waals surface area contributed by atoms with Crippen LogP contribution in [-0.4, -0.2) is 49.1 Å². The van der Waals surface area contributed by atoms with Gasteiger partial charge in [0.15, 0.2) is 11.5 Å². The van der Waals surface area contributed by atoms with Gasteiger partial charge in [0, 0.05) is 46.9 Å². The molecule has 2 amide bonds. The molecule has 4 aromatic rings. The molecule has 3 N–H and O–H groups in total. The molecule has 0 atom stereocenters. The van der Waals surface area contributed by atoms with Gasteiger partial charge in [-0.15, -0.1) is 0 Å². The fourth-order valence-corrected chi connectivity index (χ4v) is 3.85. The van der Waals surface area contributed by atoms with Crippen molar-refractivity contribution in [2.45, 2.75) is 19.9 Å². The Bertz CT molecular complexity index is 1450. The molecule has 0 saturated heterocycles. The third-order valence-corrected chi connectivity index (χ3v) is 5.65. The minimum absolute atomic E-state index is 0.0297. The standard InChI is InChI=1S/C28H29N5O4/c1-16(2)30-26(34)17-9-11-18(12-10-17)27(35)31-20-8-6-7-19(13-20)25-21-14-23(36-4)24(37-5)15-22(21)32-28(29-3)33-25/h6-16H,1-5H3,(H,30,34)(H,31,35)(H,29,32,33). The average molecular weight is 500 g/mol. The van der Waals surface area contributed by atoms with Crippen molar-refractivity contribution in [3.63, 3.8) is 0 Å². The lowest BCUT2D eigenvalue weighted by Crippen LogP contribution is -2.30. The molecule has 37 heavy (non-hydrogen) atoms. The highest BCUT2D eigenvalue weighted by atomic mass is 16.5. The van der Waals surface area contributed by atoms with E-state index in [4.69, 9.17) is 9.47 Å². The first kappa shape index (κ1) is 25.4. The van der Waals surface area contributed by atoms with E-state index in [-0.39, 0.29) is 17.9 Å². The number of methoxy groups -OCH3 is 2. The maximum Gasteiger partial charge on any atom is 0.255 e. The monoisotopic (exact) mass is 499 g/mol. The second kappa shape index (κ2) is 10.9. The van der Waals surface area contributed by atoms with E-state index in [0.717, 1.165) is 10.9 Å². The first-order chi connectivity index (χ1) is 17.8. The van der Waals surface area contributed by atoms with Gasteiger partial charge in [-0.1, -0.05) is 12.1 Å². The molecule has 1 heterocycles. The number of aromatic nitrogens is 2. The minimum atomic E-state index is -0.289. The zero-order chi connectivity index (χ0) is 26.5. The zero-order valence-corrected chi connectivity index (χ0v) is 21.4. The summed E-state index contributed by atoms with van der Waals surface area (Å²) in [6.07, 6.45) is 0. The van der Waals surface area contributed by atoms with Crippen LogP contribution in [0.3, 0.4) is 0 Å². The highest BCUT2D eigenvalue weighted by Crippen LogP contribution is 2.36. The van der Waals surface area contributed by atoms with Crippen molar-refractivity contribution >= 4 is 34.4 Å². The van der Waals surface area contributed by atoms with Crippen LogP contribution < -0.4 is 25.4 Å². The lowest BCUT2D eigenvalue weighted by atomic mass is 10.0. The van der Waals surface area contributed by atoms with Crippen LogP contribution in [0.1, 0.15) is 34.6 Å². The van der Waals surface area contributed by atoms with Crippen molar-refractivity contribution in [1.29, 1.82) is 0 Å². The van der Waals surface area contributed by atoms with Crippen molar-refractivity contribution in [2.24, 2.45) is 0 Å². The van der Waals surface area contributed by atoms with Crippen LogP contribution in [0.4, 0.5) is 11.6 Å². The summed E-state index contributed by atoms with van der Waals surface area (Å²) in [5, 5.41) is 9.53. The predicted octanol–water partition coefficient (Wildman–Crippen LogP) is 4.75. The Labute approximate surface area is 215 Å². The van der Waals surface area contributed by atoms with Gasteiger partial charge in [-0.2, -0.15) is 0 Å². The highest BCUT2D eigenvalue weighted by molar-refractivity contribution is 6.05. The number of amides is 2. The fourth-order valence-electron chi connectivity index (χ4n) is 3.85. The number of carbonyl (C=O) groups is 2. The van der Waals surface area contributed by atoms with Crippen molar-refractivity contribution < 1.29 is 19.1 Å². The number of carbonyl (C=O) groups excluding carboxylic acids is 2. The summed E-state index contributed by atoms with van der Waals surface area (Å²) in [4.78, 5) is 34.3. The molecule has 190 valence electrons. The van der Waals surface area contributed by atoms with E-state index >= 15 is 0 Å². The van der Waals surface area contributed by atoms with Gasteiger partial charge in [0.05, 0.1) is 25.4 Å². The Morgan fingerprint density at radius 1 is 0.838 bits per heavy atom. The van der Waals surface area contributed by atoms with Crippen LogP contribution in [-0.2, 0) is 0 Å². The van der Waals surface area contributed by atoms with Gasteiger partial charge in [-0.25, -0.2) is 9.97 Å². The molecule has 3 aromatic carbocycles. The second-order valence-corrected chi connectivity index (χ2v) is 8.61. The summed E-state index contributed by atoms with van der Waals surface area (Å²) in [5.74, 6) is 1.11. The van der Waals surface area contributed by atoms with E-state index in [2.05, 4.69) is 25.9 Å². The maximum atomic E-state index is 12.9. The summed E-state index contributed by atoms with van der Waals surface area (Å²) in [6.45, 7) is 3.79. The Balaban J connectivity index is 1.64. The molecule has 0 bridgehead atoms. The van der Waals surface area contributed by atoms with Gasteiger partial charge in [0.25, 0.3) is 11.8 Å². The third kappa shape index (κ3) is 5.61. The molecule has 1 aromatic heterocycles. The van der Waals surface area contributed by atoms with Gasteiger partial charge < -0.3 is 25.4 Å². The Morgan fingerprint density at radius 2 is 1.49 bits per heavy atom. The molecule has 0 aliphatic rings. The molecule has 0 unspecified atom stereocenters. The first-order valence-electron chi connectivity index (χ1n) is 11.8. The summed E-state index contributed by atoms with van der Waals surface area (Å²) in [5.41, 5.74) is 3.68. The number of nitrogens with zero attached hydrogens (tertiary/aromatic N) is 2. The van der Waals surface area contributed by atoms with E-state index in [1.165, 1.54) is 0 Å². The molecule has 4 rings (SSSR count). The van der Waals surface area contributed by atoms with Gasteiger partial charge in [-0.05, 0) is 56.3 Å². The molecule has 0 saturated carbocycles. The summed E-state index contributed by atoms with van der Waals surface area (Å²) >= 11 is 0. The van der Waals surface area contributed by atoms with Crippen molar-refractivity contribution in [3.8, 4) is 22.8 Å². The molecule has 9 heteroatoms. The van der Waals surface area contributed by atoms with Crippen LogP contribution in [0.2, 0.25) is 0 Å². The van der Waals surface area contributed by atoms with Crippen LogP contribution in [0.25, 0.3) is 22.2 Å². The first-order valence-corrected chi connectivity index (χ1v) is 11.8. The number of anilines is 2. The van der Waals surface area contributed by atoms with Crippen molar-refractivity contribution in [3.05, 3.63) is 71.8 Å². The van der Waals surface area contributed by atoms with E-state index < -0.39 is 0 Å². The predicted molar refractivity (Wildman–Crippen MR) is 145 cm³/mol. The molecule has 0 aliphatic heterocycles. The van der Waals surface area contributed by atoms with Crippen LogP contribution in [0, 0.1) is 0 Å².